The fraction of sp³-hybridized carbons (Fsp3) is 0.478. The van der Waals surface area contributed by atoms with Gasteiger partial charge in [-0.1, -0.05) is 0 Å². The third-order valence-electron chi connectivity index (χ3n) is 7.10. The van der Waals surface area contributed by atoms with Gasteiger partial charge in [-0.2, -0.15) is 0 Å². The van der Waals surface area contributed by atoms with E-state index in [1.54, 1.807) is 12.4 Å². The van der Waals surface area contributed by atoms with Crippen LogP contribution in [0.15, 0.2) is 43.0 Å². The van der Waals surface area contributed by atoms with Crippen molar-refractivity contribution in [2.75, 3.05) is 44.3 Å². The smallest absolute Gasteiger partial charge is 0.162 e. The van der Waals surface area contributed by atoms with Crippen LogP contribution in [-0.4, -0.2) is 70.3 Å². The molecule has 0 bridgehead atoms. The zero-order chi connectivity index (χ0) is 20.0. The number of aromatic nitrogens is 4. The van der Waals surface area contributed by atoms with Crippen LogP contribution < -0.4 is 4.90 Å². The molecule has 0 N–H and O–H groups in total. The van der Waals surface area contributed by atoms with Crippen molar-refractivity contribution >= 4 is 16.7 Å². The zero-order valence-electron chi connectivity index (χ0n) is 17.1. The molecule has 3 aliphatic heterocycles. The molecular weight excluding hydrogens is 376 g/mol. The van der Waals surface area contributed by atoms with Crippen molar-refractivity contribution in [3.05, 3.63) is 43.0 Å². The molecule has 30 heavy (non-hydrogen) atoms. The van der Waals surface area contributed by atoms with Gasteiger partial charge < -0.3 is 9.64 Å². The molecule has 6 rings (SSSR count). The van der Waals surface area contributed by atoms with Crippen LogP contribution in [0.2, 0.25) is 0 Å². The van der Waals surface area contributed by atoms with E-state index in [4.69, 9.17) is 14.7 Å². The first-order valence-corrected chi connectivity index (χ1v) is 10.9. The second-order valence-electron chi connectivity index (χ2n) is 8.89. The van der Waals surface area contributed by atoms with Crippen molar-refractivity contribution in [3.8, 4) is 11.4 Å². The van der Waals surface area contributed by atoms with Gasteiger partial charge in [-0.3, -0.25) is 14.9 Å². The normalized spacial score (nSPS) is 23.7. The summed E-state index contributed by atoms with van der Waals surface area (Å²) >= 11 is 0. The van der Waals surface area contributed by atoms with Crippen molar-refractivity contribution in [1.82, 2.24) is 24.8 Å². The summed E-state index contributed by atoms with van der Waals surface area (Å²) in [5.41, 5.74) is 2.32. The standard InChI is InChI=1S/C23H26N6O/c1-6-24-7-2-17(1)21-26-20-14-25-8-3-19(20)22(27-21)28-9-4-23(5-10-28)13-18-15-30-12-11-29(18)16-23/h1-3,6-8,14,18H,4-5,9-13,15-16H2. The van der Waals surface area contributed by atoms with Crippen LogP contribution in [0.3, 0.4) is 0 Å². The third kappa shape index (κ3) is 3.13. The van der Waals surface area contributed by atoms with Gasteiger partial charge >= 0.3 is 0 Å². The third-order valence-corrected chi connectivity index (χ3v) is 7.10. The average Bonchev–Trinajstić information content (AvgIpc) is 3.17. The Morgan fingerprint density at radius 2 is 1.80 bits per heavy atom. The van der Waals surface area contributed by atoms with Gasteiger partial charge in [0.05, 0.1) is 24.9 Å². The van der Waals surface area contributed by atoms with Gasteiger partial charge in [0.1, 0.15) is 5.82 Å². The van der Waals surface area contributed by atoms with Crippen LogP contribution >= 0.6 is 0 Å². The highest BCUT2D eigenvalue weighted by molar-refractivity contribution is 5.90. The highest BCUT2D eigenvalue weighted by Gasteiger charge is 2.46. The number of piperidine rings is 1. The van der Waals surface area contributed by atoms with E-state index in [2.05, 4.69) is 19.8 Å². The number of hydrogen-bond acceptors (Lipinski definition) is 7. The van der Waals surface area contributed by atoms with Gasteiger partial charge in [-0.05, 0) is 42.9 Å². The summed E-state index contributed by atoms with van der Waals surface area (Å²) < 4.78 is 5.73. The maximum atomic E-state index is 5.73. The van der Waals surface area contributed by atoms with Crippen molar-refractivity contribution in [2.24, 2.45) is 5.41 Å². The van der Waals surface area contributed by atoms with Crippen molar-refractivity contribution in [2.45, 2.75) is 25.3 Å². The monoisotopic (exact) mass is 402 g/mol. The van der Waals surface area contributed by atoms with Gasteiger partial charge in [0.2, 0.25) is 0 Å². The lowest BCUT2D eigenvalue weighted by molar-refractivity contribution is 0.0125. The second-order valence-corrected chi connectivity index (χ2v) is 8.89. The Morgan fingerprint density at radius 1 is 0.967 bits per heavy atom. The minimum absolute atomic E-state index is 0.438. The molecule has 3 saturated heterocycles. The minimum Gasteiger partial charge on any atom is -0.378 e. The van der Waals surface area contributed by atoms with Gasteiger partial charge in [0.15, 0.2) is 5.82 Å². The van der Waals surface area contributed by atoms with E-state index in [9.17, 15) is 0 Å². The van der Waals surface area contributed by atoms with E-state index in [0.717, 1.165) is 61.0 Å². The highest BCUT2D eigenvalue weighted by atomic mass is 16.5. The van der Waals surface area contributed by atoms with Crippen molar-refractivity contribution < 1.29 is 4.74 Å². The minimum atomic E-state index is 0.438. The van der Waals surface area contributed by atoms with Crippen molar-refractivity contribution in [3.63, 3.8) is 0 Å². The average molecular weight is 403 g/mol. The van der Waals surface area contributed by atoms with E-state index in [1.807, 2.05) is 30.6 Å². The molecule has 0 aliphatic carbocycles. The fourth-order valence-electron chi connectivity index (χ4n) is 5.47. The number of hydrogen-bond donors (Lipinski definition) is 0. The summed E-state index contributed by atoms with van der Waals surface area (Å²) in [5.74, 6) is 1.77. The SMILES string of the molecule is c1cc(-c2nc(N3CCC4(CC3)CC3COCCN3C4)c3ccncc3n2)ccn1. The fourth-order valence-corrected chi connectivity index (χ4v) is 5.47. The number of rotatable bonds is 2. The van der Waals surface area contributed by atoms with E-state index in [0.29, 0.717) is 11.5 Å². The largest absolute Gasteiger partial charge is 0.378 e. The predicted molar refractivity (Wildman–Crippen MR) is 115 cm³/mol. The van der Waals surface area contributed by atoms with Crippen LogP contribution in [-0.2, 0) is 4.74 Å². The summed E-state index contributed by atoms with van der Waals surface area (Å²) in [6.45, 7) is 6.18. The Hall–Kier alpha value is -2.64. The van der Waals surface area contributed by atoms with Crippen LogP contribution in [0.5, 0.6) is 0 Å². The van der Waals surface area contributed by atoms with Crippen molar-refractivity contribution in [1.29, 1.82) is 0 Å². The Balaban J connectivity index is 1.30. The number of anilines is 1. The maximum absolute atomic E-state index is 5.73. The van der Waals surface area contributed by atoms with E-state index < -0.39 is 0 Å². The molecule has 3 aliphatic rings. The first-order valence-electron chi connectivity index (χ1n) is 10.9. The van der Waals surface area contributed by atoms with Crippen LogP contribution in [0.4, 0.5) is 5.82 Å². The molecule has 1 spiro atoms. The number of pyridine rings is 2. The molecule has 0 amide bonds. The van der Waals surface area contributed by atoms with E-state index in [1.165, 1.54) is 25.8 Å². The number of nitrogens with zero attached hydrogens (tertiary/aromatic N) is 6. The molecule has 1 atom stereocenters. The lowest BCUT2D eigenvalue weighted by atomic mass is 9.76. The summed E-state index contributed by atoms with van der Waals surface area (Å²) in [5, 5.41) is 1.08. The number of morpholine rings is 1. The molecule has 3 aromatic heterocycles. The van der Waals surface area contributed by atoms with Gasteiger partial charge in [0, 0.05) is 61.8 Å². The molecule has 0 radical (unpaired) electrons. The molecule has 0 aromatic carbocycles. The molecule has 7 heteroatoms. The predicted octanol–water partition coefficient (Wildman–Crippen LogP) is 2.78. The van der Waals surface area contributed by atoms with Crippen LogP contribution in [0, 0.1) is 5.41 Å². The second kappa shape index (κ2) is 7.25. The Morgan fingerprint density at radius 3 is 2.63 bits per heavy atom. The molecule has 1 unspecified atom stereocenters. The molecule has 154 valence electrons. The van der Waals surface area contributed by atoms with E-state index >= 15 is 0 Å². The molecular formula is C23H26N6O. The molecule has 6 heterocycles. The van der Waals surface area contributed by atoms with Gasteiger partial charge in [0.25, 0.3) is 0 Å². The highest BCUT2D eigenvalue weighted by Crippen LogP contribution is 2.45. The summed E-state index contributed by atoms with van der Waals surface area (Å²) in [7, 11) is 0. The summed E-state index contributed by atoms with van der Waals surface area (Å²) in [6, 6.07) is 6.58. The Bertz CT molecular complexity index is 1030. The quantitative estimate of drug-likeness (QED) is 0.653. The zero-order valence-corrected chi connectivity index (χ0v) is 17.1. The van der Waals surface area contributed by atoms with Crippen LogP contribution in [0.1, 0.15) is 19.3 Å². The summed E-state index contributed by atoms with van der Waals surface area (Å²) in [4.78, 5) is 23.3. The first-order chi connectivity index (χ1) is 14.8. The lowest BCUT2D eigenvalue weighted by Gasteiger charge is -2.40. The molecule has 3 fully saturated rings. The number of ether oxygens (including phenoxy) is 1. The topological polar surface area (TPSA) is 67.3 Å². The summed E-state index contributed by atoms with van der Waals surface area (Å²) in [6.07, 6.45) is 10.9. The molecule has 7 nitrogen and oxygen atoms in total. The van der Waals surface area contributed by atoms with Crippen LogP contribution in [0.25, 0.3) is 22.3 Å². The molecule has 3 aromatic rings. The van der Waals surface area contributed by atoms with E-state index in [-0.39, 0.29) is 0 Å². The van der Waals surface area contributed by atoms with Gasteiger partial charge in [-0.25, -0.2) is 9.97 Å². The Labute approximate surface area is 176 Å². The first kappa shape index (κ1) is 18.2. The number of fused-ring (bicyclic) bond motifs is 2. The van der Waals surface area contributed by atoms with Gasteiger partial charge in [-0.15, -0.1) is 0 Å². The molecule has 0 saturated carbocycles. The maximum Gasteiger partial charge on any atom is 0.162 e. The lowest BCUT2D eigenvalue weighted by Crippen LogP contribution is -2.43. The Kier molecular flexibility index (Phi) is 4.39.